The normalized spacial score (nSPS) is 17.2. The van der Waals surface area contributed by atoms with E-state index in [-0.39, 0.29) is 11.3 Å². The average Bonchev–Trinajstić information content (AvgIpc) is 3.37. The molecule has 1 saturated heterocycles. The molecular weight excluding hydrogens is 412 g/mol. The Hall–Kier alpha value is -3.74. The maximum absolute atomic E-state index is 11.9. The number of carbonyl (C=O) groups is 1. The Kier molecular flexibility index (Phi) is 4.30. The highest BCUT2D eigenvalue weighted by Gasteiger charge is 2.54. The van der Waals surface area contributed by atoms with Crippen molar-refractivity contribution in [1.29, 1.82) is 0 Å². The second kappa shape index (κ2) is 7.13. The summed E-state index contributed by atoms with van der Waals surface area (Å²) >= 11 is 0. The summed E-state index contributed by atoms with van der Waals surface area (Å²) in [7, 11) is 2.12. The van der Waals surface area contributed by atoms with Gasteiger partial charge in [0.25, 0.3) is 0 Å². The molecule has 7 nitrogen and oxygen atoms in total. The van der Waals surface area contributed by atoms with E-state index in [9.17, 15) is 4.79 Å². The fourth-order valence-corrected chi connectivity index (χ4v) is 5.79. The standard InChI is InChI=1S/C26H26N6O/c1-4-21(33)32-14-26(15-32)10-18(11-26)25-29-23(17-6-5-9-27-12-17)24(31(25)3)22-16(2)7-8-20-19(22)13-28-30-20/h4-9,12-13,18H,1,10-11,14-15H2,2-3H3,(H,28,30). The number of rotatable bonds is 4. The number of carbonyl (C=O) groups excluding carboxylic acids is 1. The molecule has 33 heavy (non-hydrogen) atoms. The van der Waals surface area contributed by atoms with E-state index in [1.807, 2.05) is 23.4 Å². The van der Waals surface area contributed by atoms with Crippen molar-refractivity contribution >= 4 is 16.8 Å². The van der Waals surface area contributed by atoms with Crippen molar-refractivity contribution in [2.45, 2.75) is 25.7 Å². The highest BCUT2D eigenvalue weighted by Crippen LogP contribution is 2.56. The first-order valence-electron chi connectivity index (χ1n) is 11.3. The van der Waals surface area contributed by atoms with Gasteiger partial charge in [0.15, 0.2) is 0 Å². The van der Waals surface area contributed by atoms with Gasteiger partial charge in [0.05, 0.1) is 23.1 Å². The predicted molar refractivity (Wildman–Crippen MR) is 127 cm³/mol. The number of nitrogens with zero attached hydrogens (tertiary/aromatic N) is 5. The first kappa shape index (κ1) is 19.9. The number of hydrogen-bond donors (Lipinski definition) is 1. The first-order chi connectivity index (χ1) is 16.0. The topological polar surface area (TPSA) is 79.7 Å². The van der Waals surface area contributed by atoms with E-state index in [1.165, 1.54) is 11.6 Å². The molecule has 1 aliphatic heterocycles. The third-order valence-electron chi connectivity index (χ3n) is 7.40. The third kappa shape index (κ3) is 2.95. The number of aryl methyl sites for hydroxylation is 1. The molecule has 1 N–H and O–H groups in total. The van der Waals surface area contributed by atoms with Crippen LogP contribution in [0.5, 0.6) is 0 Å². The fraction of sp³-hybridized carbons (Fsp3) is 0.308. The molecule has 2 aliphatic rings. The van der Waals surface area contributed by atoms with Crippen molar-refractivity contribution in [3.8, 4) is 22.5 Å². The van der Waals surface area contributed by atoms with Gasteiger partial charge >= 0.3 is 0 Å². The molecule has 6 rings (SSSR count). The third-order valence-corrected chi connectivity index (χ3v) is 7.40. The molecule has 1 aliphatic carbocycles. The number of hydrogen-bond acceptors (Lipinski definition) is 4. The molecule has 1 spiro atoms. The highest BCUT2D eigenvalue weighted by atomic mass is 16.2. The minimum Gasteiger partial charge on any atom is -0.338 e. The Morgan fingerprint density at radius 3 is 2.79 bits per heavy atom. The van der Waals surface area contributed by atoms with Gasteiger partial charge in [-0.15, -0.1) is 0 Å². The number of aromatic amines is 1. The number of likely N-dealkylation sites (tertiary alicyclic amines) is 1. The molecule has 0 atom stereocenters. The Morgan fingerprint density at radius 2 is 2.06 bits per heavy atom. The van der Waals surface area contributed by atoms with Gasteiger partial charge in [0.1, 0.15) is 5.82 Å². The Morgan fingerprint density at radius 1 is 1.24 bits per heavy atom. The van der Waals surface area contributed by atoms with Crippen LogP contribution in [-0.4, -0.2) is 48.6 Å². The van der Waals surface area contributed by atoms with Crippen LogP contribution < -0.4 is 0 Å². The minimum atomic E-state index is 0.0332. The molecule has 0 bridgehead atoms. The van der Waals surface area contributed by atoms with Crippen LogP contribution in [0.3, 0.4) is 0 Å². The number of amides is 1. The molecule has 2 fully saturated rings. The molecule has 1 saturated carbocycles. The van der Waals surface area contributed by atoms with Gasteiger partial charge in [0.2, 0.25) is 5.91 Å². The number of nitrogens with one attached hydrogen (secondary N) is 1. The maximum atomic E-state index is 11.9. The van der Waals surface area contributed by atoms with Crippen molar-refractivity contribution < 1.29 is 4.79 Å². The monoisotopic (exact) mass is 438 g/mol. The number of pyridine rings is 1. The summed E-state index contributed by atoms with van der Waals surface area (Å²) in [6.07, 6.45) is 9.09. The summed E-state index contributed by atoms with van der Waals surface area (Å²) in [4.78, 5) is 23.3. The van der Waals surface area contributed by atoms with Crippen LogP contribution in [0.15, 0.2) is 55.5 Å². The molecule has 166 valence electrons. The summed E-state index contributed by atoms with van der Waals surface area (Å²) in [5, 5.41) is 8.48. The van der Waals surface area contributed by atoms with Gasteiger partial charge in [-0.3, -0.25) is 14.9 Å². The van der Waals surface area contributed by atoms with Gasteiger partial charge in [-0.05, 0) is 49.6 Å². The molecule has 7 heteroatoms. The van der Waals surface area contributed by atoms with Crippen LogP contribution in [0.4, 0.5) is 0 Å². The van der Waals surface area contributed by atoms with Crippen molar-refractivity contribution in [3.05, 3.63) is 66.9 Å². The molecule has 1 amide bonds. The number of H-pyrrole nitrogens is 1. The molecule has 1 aromatic carbocycles. The summed E-state index contributed by atoms with van der Waals surface area (Å²) in [5.74, 6) is 1.51. The van der Waals surface area contributed by atoms with E-state index in [0.717, 1.165) is 65.2 Å². The predicted octanol–water partition coefficient (Wildman–Crippen LogP) is 4.23. The van der Waals surface area contributed by atoms with E-state index < -0.39 is 0 Å². The lowest BCUT2D eigenvalue weighted by Gasteiger charge is -2.58. The van der Waals surface area contributed by atoms with Crippen LogP contribution in [0.1, 0.15) is 30.1 Å². The first-order valence-corrected chi connectivity index (χ1v) is 11.3. The van der Waals surface area contributed by atoms with Crippen LogP contribution in [-0.2, 0) is 11.8 Å². The van der Waals surface area contributed by atoms with E-state index in [4.69, 9.17) is 4.98 Å². The van der Waals surface area contributed by atoms with E-state index in [0.29, 0.717) is 5.92 Å². The molecule has 4 heterocycles. The Labute approximate surface area is 192 Å². The smallest absolute Gasteiger partial charge is 0.245 e. The second-order valence-corrected chi connectivity index (χ2v) is 9.56. The van der Waals surface area contributed by atoms with Crippen LogP contribution in [0, 0.1) is 12.3 Å². The highest BCUT2D eigenvalue weighted by molar-refractivity contribution is 5.98. The quantitative estimate of drug-likeness (QED) is 0.484. The molecular formula is C26H26N6O. The van der Waals surface area contributed by atoms with Crippen molar-refractivity contribution in [3.63, 3.8) is 0 Å². The lowest BCUT2D eigenvalue weighted by Crippen LogP contribution is -2.63. The SMILES string of the molecule is C=CC(=O)N1CC2(CC(c3nc(-c4cccnc4)c(-c4c(C)ccc5[nH]ncc45)n3C)C2)C1. The van der Waals surface area contributed by atoms with Gasteiger partial charge in [-0.2, -0.15) is 5.10 Å². The van der Waals surface area contributed by atoms with Gasteiger partial charge < -0.3 is 9.47 Å². The number of fused-ring (bicyclic) bond motifs is 1. The lowest BCUT2D eigenvalue weighted by atomic mass is 9.57. The van der Waals surface area contributed by atoms with Gasteiger partial charge in [-0.25, -0.2) is 4.98 Å². The fourth-order valence-electron chi connectivity index (χ4n) is 5.79. The largest absolute Gasteiger partial charge is 0.338 e. The molecule has 0 unspecified atom stereocenters. The zero-order valence-corrected chi connectivity index (χ0v) is 18.9. The second-order valence-electron chi connectivity index (χ2n) is 9.56. The van der Waals surface area contributed by atoms with Crippen molar-refractivity contribution in [2.24, 2.45) is 12.5 Å². The molecule has 4 aromatic rings. The zero-order chi connectivity index (χ0) is 22.7. The van der Waals surface area contributed by atoms with E-state index in [2.05, 4.69) is 58.5 Å². The van der Waals surface area contributed by atoms with Crippen molar-refractivity contribution in [2.75, 3.05) is 13.1 Å². The number of aromatic nitrogens is 5. The lowest BCUT2D eigenvalue weighted by molar-refractivity contribution is -0.146. The van der Waals surface area contributed by atoms with Gasteiger partial charge in [0, 0.05) is 60.4 Å². The van der Waals surface area contributed by atoms with E-state index in [1.54, 1.807) is 6.20 Å². The summed E-state index contributed by atoms with van der Waals surface area (Å²) < 4.78 is 2.26. The van der Waals surface area contributed by atoms with Crippen LogP contribution in [0.2, 0.25) is 0 Å². The van der Waals surface area contributed by atoms with Gasteiger partial charge in [-0.1, -0.05) is 12.6 Å². The van der Waals surface area contributed by atoms with Crippen molar-refractivity contribution in [1.82, 2.24) is 29.6 Å². The number of imidazole rings is 1. The molecule has 0 radical (unpaired) electrons. The summed E-state index contributed by atoms with van der Waals surface area (Å²) in [6.45, 7) is 7.40. The van der Waals surface area contributed by atoms with E-state index >= 15 is 0 Å². The summed E-state index contributed by atoms with van der Waals surface area (Å²) in [6, 6.07) is 8.23. The maximum Gasteiger partial charge on any atom is 0.245 e. The Bertz CT molecular complexity index is 1390. The molecule has 3 aromatic heterocycles. The van der Waals surface area contributed by atoms with Crippen LogP contribution >= 0.6 is 0 Å². The summed E-state index contributed by atoms with van der Waals surface area (Å²) in [5.41, 5.74) is 6.66. The minimum absolute atomic E-state index is 0.0332. The zero-order valence-electron chi connectivity index (χ0n) is 18.9. The van der Waals surface area contributed by atoms with Crippen LogP contribution in [0.25, 0.3) is 33.4 Å². The Balaban J connectivity index is 1.42. The average molecular weight is 439 g/mol. The number of benzene rings is 1.